The van der Waals surface area contributed by atoms with Crippen molar-refractivity contribution >= 4 is 17.7 Å². The first-order valence-corrected chi connectivity index (χ1v) is 7.41. The van der Waals surface area contributed by atoms with Crippen molar-refractivity contribution < 1.29 is 13.9 Å². The predicted molar refractivity (Wildman–Crippen MR) is 90.7 cm³/mol. The lowest BCUT2D eigenvalue weighted by atomic mass is 10.1. The van der Waals surface area contributed by atoms with Crippen molar-refractivity contribution in [2.45, 2.75) is 6.42 Å². The molecule has 120 valence electrons. The number of anilines is 1. The van der Waals surface area contributed by atoms with Gasteiger partial charge < -0.3 is 9.64 Å². The number of methoxy groups -OCH3 is 1. The average Bonchev–Trinajstić information content (AvgIpc) is 2.59. The molecule has 2 rings (SSSR count). The van der Waals surface area contributed by atoms with Crippen LogP contribution in [0, 0.1) is 5.82 Å². The van der Waals surface area contributed by atoms with E-state index in [1.165, 1.54) is 19.2 Å². The number of hydrogen-bond donors (Lipinski definition) is 0. The van der Waals surface area contributed by atoms with Gasteiger partial charge >= 0.3 is 5.97 Å². The first kappa shape index (κ1) is 16.7. The lowest BCUT2D eigenvalue weighted by Crippen LogP contribution is -2.20. The molecule has 0 heterocycles. The van der Waals surface area contributed by atoms with Crippen molar-refractivity contribution in [3.63, 3.8) is 0 Å². The first-order chi connectivity index (χ1) is 11.1. The van der Waals surface area contributed by atoms with E-state index in [9.17, 15) is 9.18 Å². The van der Waals surface area contributed by atoms with Crippen molar-refractivity contribution in [2.24, 2.45) is 0 Å². The Labute approximate surface area is 136 Å². The summed E-state index contributed by atoms with van der Waals surface area (Å²) in [6.45, 7) is 0.624. The van der Waals surface area contributed by atoms with Crippen LogP contribution in [0.25, 0.3) is 6.08 Å². The molecule has 0 aromatic heterocycles. The molecule has 0 aliphatic carbocycles. The van der Waals surface area contributed by atoms with Crippen molar-refractivity contribution in [3.8, 4) is 0 Å². The van der Waals surface area contributed by atoms with Gasteiger partial charge in [-0.05, 0) is 42.3 Å². The normalized spacial score (nSPS) is 11.2. The maximum Gasteiger partial charge on any atom is 0.333 e. The van der Waals surface area contributed by atoms with Crippen LogP contribution < -0.4 is 4.90 Å². The summed E-state index contributed by atoms with van der Waals surface area (Å²) in [7, 11) is 3.29. The van der Waals surface area contributed by atoms with Crippen LogP contribution >= 0.6 is 0 Å². The number of carbonyl (C=O) groups is 1. The van der Waals surface area contributed by atoms with E-state index in [4.69, 9.17) is 4.74 Å². The van der Waals surface area contributed by atoms with Crippen molar-refractivity contribution in [2.75, 3.05) is 25.6 Å². The molecule has 0 N–H and O–H groups in total. The van der Waals surface area contributed by atoms with Crippen molar-refractivity contribution in [1.82, 2.24) is 0 Å². The van der Waals surface area contributed by atoms with E-state index >= 15 is 0 Å². The van der Waals surface area contributed by atoms with Crippen molar-refractivity contribution in [1.29, 1.82) is 0 Å². The summed E-state index contributed by atoms with van der Waals surface area (Å²) in [6, 6.07) is 15.9. The van der Waals surface area contributed by atoms with E-state index in [0.29, 0.717) is 18.5 Å². The highest BCUT2D eigenvalue weighted by Gasteiger charge is 2.11. The van der Waals surface area contributed by atoms with Gasteiger partial charge in [0.25, 0.3) is 0 Å². The lowest BCUT2D eigenvalue weighted by Gasteiger charge is -2.19. The van der Waals surface area contributed by atoms with Gasteiger partial charge in [0.2, 0.25) is 0 Å². The number of ether oxygens (including phenoxy) is 1. The maximum atomic E-state index is 13.0. The van der Waals surface area contributed by atoms with E-state index in [1.54, 1.807) is 12.1 Å². The van der Waals surface area contributed by atoms with Gasteiger partial charge in [0, 0.05) is 24.9 Å². The third-order valence-corrected chi connectivity index (χ3v) is 3.57. The molecule has 0 fully saturated rings. The van der Waals surface area contributed by atoms with Crippen LogP contribution in [0.5, 0.6) is 0 Å². The SMILES string of the molecule is COC(=O)C(=Cc1ccccc1)CCN(C)c1ccc(F)cc1. The molecule has 0 atom stereocenters. The molecule has 0 unspecified atom stereocenters. The summed E-state index contributed by atoms with van der Waals surface area (Å²) < 4.78 is 17.8. The van der Waals surface area contributed by atoms with E-state index in [2.05, 4.69) is 0 Å². The molecule has 0 radical (unpaired) electrons. The molecule has 0 aliphatic rings. The minimum Gasteiger partial charge on any atom is -0.466 e. The van der Waals surface area contributed by atoms with Crippen LogP contribution in [0.1, 0.15) is 12.0 Å². The van der Waals surface area contributed by atoms with E-state index in [-0.39, 0.29) is 11.8 Å². The van der Waals surface area contributed by atoms with Gasteiger partial charge in [-0.25, -0.2) is 9.18 Å². The zero-order valence-corrected chi connectivity index (χ0v) is 13.3. The highest BCUT2D eigenvalue weighted by molar-refractivity contribution is 5.93. The van der Waals surface area contributed by atoms with Crippen LogP contribution in [0.15, 0.2) is 60.2 Å². The highest BCUT2D eigenvalue weighted by Crippen LogP contribution is 2.16. The molecule has 0 saturated heterocycles. The van der Waals surface area contributed by atoms with Gasteiger partial charge in [0.1, 0.15) is 5.82 Å². The topological polar surface area (TPSA) is 29.5 Å². The molecule has 0 bridgehead atoms. The van der Waals surface area contributed by atoms with Gasteiger partial charge in [0.15, 0.2) is 0 Å². The van der Waals surface area contributed by atoms with Crippen molar-refractivity contribution in [3.05, 3.63) is 71.6 Å². The van der Waals surface area contributed by atoms with Gasteiger partial charge in [-0.3, -0.25) is 0 Å². The van der Waals surface area contributed by atoms with Crippen LogP contribution in [0.2, 0.25) is 0 Å². The number of halogens is 1. The Morgan fingerprint density at radius 1 is 1.13 bits per heavy atom. The predicted octanol–water partition coefficient (Wildman–Crippen LogP) is 3.91. The number of hydrogen-bond acceptors (Lipinski definition) is 3. The van der Waals surface area contributed by atoms with Gasteiger partial charge in [-0.2, -0.15) is 0 Å². The molecule has 0 spiro atoms. The zero-order valence-electron chi connectivity index (χ0n) is 13.3. The Morgan fingerprint density at radius 2 is 1.78 bits per heavy atom. The van der Waals surface area contributed by atoms with Gasteiger partial charge in [-0.1, -0.05) is 30.3 Å². The molecule has 4 heteroatoms. The van der Waals surface area contributed by atoms with Gasteiger partial charge in [-0.15, -0.1) is 0 Å². The summed E-state index contributed by atoms with van der Waals surface area (Å²) in [6.07, 6.45) is 2.37. The molecular formula is C19H20FNO2. The zero-order chi connectivity index (χ0) is 16.7. The molecular weight excluding hydrogens is 293 g/mol. The largest absolute Gasteiger partial charge is 0.466 e. The number of benzene rings is 2. The third kappa shape index (κ3) is 4.95. The second-order valence-electron chi connectivity index (χ2n) is 5.22. The Hall–Kier alpha value is -2.62. The van der Waals surface area contributed by atoms with Crippen LogP contribution in [0.3, 0.4) is 0 Å². The molecule has 0 saturated carbocycles. The van der Waals surface area contributed by atoms with Crippen LogP contribution in [-0.4, -0.2) is 26.7 Å². The second-order valence-corrected chi connectivity index (χ2v) is 5.22. The molecule has 0 amide bonds. The first-order valence-electron chi connectivity index (χ1n) is 7.41. The smallest absolute Gasteiger partial charge is 0.333 e. The minimum atomic E-state index is -0.332. The fraction of sp³-hybridized carbons (Fsp3) is 0.211. The van der Waals surface area contributed by atoms with E-state index in [0.717, 1.165) is 11.3 Å². The fourth-order valence-electron chi connectivity index (χ4n) is 2.23. The standard InChI is InChI=1S/C19H20FNO2/c1-21(18-10-8-17(20)9-11-18)13-12-16(19(22)23-2)14-15-6-4-3-5-7-15/h3-11,14H,12-13H2,1-2H3. The molecule has 0 aliphatic heterocycles. The Balaban J connectivity index is 2.08. The number of esters is 1. The Morgan fingerprint density at radius 3 is 2.39 bits per heavy atom. The molecule has 2 aromatic rings. The summed E-state index contributed by atoms with van der Waals surface area (Å²) in [4.78, 5) is 13.9. The Kier molecular flexibility index (Phi) is 5.92. The number of nitrogens with zero attached hydrogens (tertiary/aromatic N) is 1. The fourth-order valence-corrected chi connectivity index (χ4v) is 2.23. The van der Waals surface area contributed by atoms with Crippen LogP contribution in [0.4, 0.5) is 10.1 Å². The summed E-state index contributed by atoms with van der Waals surface area (Å²) >= 11 is 0. The van der Waals surface area contributed by atoms with E-state index < -0.39 is 0 Å². The molecule has 2 aromatic carbocycles. The summed E-state index contributed by atoms with van der Waals surface area (Å²) in [5.74, 6) is -0.595. The summed E-state index contributed by atoms with van der Waals surface area (Å²) in [5, 5.41) is 0. The van der Waals surface area contributed by atoms with Gasteiger partial charge in [0.05, 0.1) is 7.11 Å². The second kappa shape index (κ2) is 8.13. The van der Waals surface area contributed by atoms with Crippen LogP contribution in [-0.2, 0) is 9.53 Å². The molecule has 23 heavy (non-hydrogen) atoms. The highest BCUT2D eigenvalue weighted by atomic mass is 19.1. The monoisotopic (exact) mass is 313 g/mol. The van der Waals surface area contributed by atoms with E-state index in [1.807, 2.05) is 48.4 Å². The minimum absolute atomic E-state index is 0.263. The quantitative estimate of drug-likeness (QED) is 0.598. The third-order valence-electron chi connectivity index (χ3n) is 3.57. The maximum absolute atomic E-state index is 13.0. The average molecular weight is 313 g/mol. The number of carbonyl (C=O) groups excluding carboxylic acids is 1. The molecule has 3 nitrogen and oxygen atoms in total. The summed E-state index contributed by atoms with van der Waals surface area (Å²) in [5.41, 5.74) is 2.46. The lowest BCUT2D eigenvalue weighted by molar-refractivity contribution is -0.136. The Bertz CT molecular complexity index is 666. The number of rotatable bonds is 6.